The van der Waals surface area contributed by atoms with Gasteiger partial charge < -0.3 is 34.6 Å². The number of allylic oxidation sites excluding steroid dienone is 2. The largest absolute Gasteiger partial charge is 0.350 e. The number of rotatable bonds is 11. The van der Waals surface area contributed by atoms with Gasteiger partial charge in [0.15, 0.2) is 5.82 Å². The molecule has 3 N–H and O–H groups in total. The Morgan fingerprint density at radius 3 is 2.01 bits per heavy atom. The van der Waals surface area contributed by atoms with Crippen LogP contribution in [0, 0.1) is 25.1 Å². The van der Waals surface area contributed by atoms with E-state index in [0.717, 1.165) is 47.0 Å². The SMILES string of the molecule is CN(C)C(=O)c1cc2c(-c3cc[nH]c(=O)c3)cc(C3=CCCN(C(=O)CCC4(C)C=C4)C3)c(F)c2[nH]1.Cc1c(C2=CCCN(C(=O)CCn3ccnn3)C2)cc2[nH]c(C(=O)N(C)C)cc2c1C. The van der Waals surface area contributed by atoms with Crippen molar-refractivity contribution in [3.63, 3.8) is 0 Å². The fraction of sp³-hybridized carbons (Fsp3) is 0.353. The highest BCUT2D eigenvalue weighted by Gasteiger charge is 2.31. The van der Waals surface area contributed by atoms with Crippen molar-refractivity contribution in [3.05, 3.63) is 129 Å². The molecule has 6 heterocycles. The lowest BCUT2D eigenvalue weighted by molar-refractivity contribution is -0.131. The molecule has 9 rings (SSSR count). The maximum Gasteiger partial charge on any atom is 0.269 e. The number of H-pyrrole nitrogens is 3. The van der Waals surface area contributed by atoms with Gasteiger partial charge in [0, 0.05) is 113 Å². The van der Waals surface area contributed by atoms with Crippen LogP contribution in [0.25, 0.3) is 44.1 Å². The monoisotopic (exact) mass is 908 g/mol. The minimum Gasteiger partial charge on any atom is -0.350 e. The Morgan fingerprint density at radius 1 is 0.776 bits per heavy atom. The number of benzene rings is 2. The van der Waals surface area contributed by atoms with Gasteiger partial charge in [0.1, 0.15) is 11.4 Å². The smallest absolute Gasteiger partial charge is 0.269 e. The first kappa shape index (κ1) is 46.2. The minimum absolute atomic E-state index is 0.0455. The normalized spacial score (nSPS) is 15.2. The molecule has 4 aromatic heterocycles. The number of hydrogen-bond donors (Lipinski definition) is 3. The molecule has 0 bridgehead atoms. The number of pyridine rings is 1. The molecule has 3 aliphatic rings. The maximum absolute atomic E-state index is 16.0. The van der Waals surface area contributed by atoms with E-state index >= 15 is 4.39 Å². The van der Waals surface area contributed by atoms with E-state index in [2.05, 4.69) is 70.3 Å². The molecular weight excluding hydrogens is 852 g/mol. The molecule has 348 valence electrons. The lowest BCUT2D eigenvalue weighted by atomic mass is 9.92. The van der Waals surface area contributed by atoms with E-state index in [1.165, 1.54) is 16.5 Å². The Morgan fingerprint density at radius 2 is 1.40 bits per heavy atom. The number of carbonyl (C=O) groups excluding carboxylic acids is 4. The van der Waals surface area contributed by atoms with Crippen molar-refractivity contribution >= 4 is 56.6 Å². The van der Waals surface area contributed by atoms with Crippen molar-refractivity contribution in [2.24, 2.45) is 5.41 Å². The molecule has 6 aromatic rings. The molecule has 0 spiro atoms. The van der Waals surface area contributed by atoms with Crippen LogP contribution in [0.5, 0.6) is 0 Å². The van der Waals surface area contributed by atoms with Crippen LogP contribution in [0.4, 0.5) is 4.39 Å². The Balaban J connectivity index is 0.000000184. The summed E-state index contributed by atoms with van der Waals surface area (Å²) in [5.74, 6) is -0.625. The number of fused-ring (bicyclic) bond motifs is 2. The highest BCUT2D eigenvalue weighted by atomic mass is 19.1. The first-order valence-corrected chi connectivity index (χ1v) is 22.6. The molecule has 67 heavy (non-hydrogen) atoms. The lowest BCUT2D eigenvalue weighted by Crippen LogP contribution is -2.36. The van der Waals surface area contributed by atoms with Crippen LogP contribution in [0.3, 0.4) is 0 Å². The topological polar surface area (TPSA) is 176 Å². The summed E-state index contributed by atoms with van der Waals surface area (Å²) in [6, 6.07) is 10.6. The van der Waals surface area contributed by atoms with Gasteiger partial charge in [-0.15, -0.1) is 5.10 Å². The van der Waals surface area contributed by atoms with Gasteiger partial charge in [-0.1, -0.05) is 36.4 Å². The van der Waals surface area contributed by atoms with Crippen LogP contribution in [0.2, 0.25) is 0 Å². The van der Waals surface area contributed by atoms with Crippen molar-refractivity contribution in [2.45, 2.75) is 59.4 Å². The third-order valence-corrected chi connectivity index (χ3v) is 13.1. The number of amides is 4. The van der Waals surface area contributed by atoms with E-state index in [1.54, 1.807) is 79.5 Å². The van der Waals surface area contributed by atoms with Crippen molar-refractivity contribution in [2.75, 3.05) is 54.4 Å². The molecule has 0 fully saturated rings. The van der Waals surface area contributed by atoms with Gasteiger partial charge in [0.25, 0.3) is 11.8 Å². The predicted molar refractivity (Wildman–Crippen MR) is 258 cm³/mol. The van der Waals surface area contributed by atoms with E-state index in [4.69, 9.17) is 0 Å². The summed E-state index contributed by atoms with van der Waals surface area (Å²) in [5, 5.41) is 9.28. The van der Waals surface area contributed by atoms with Gasteiger partial charge in [0.2, 0.25) is 17.4 Å². The average molecular weight is 909 g/mol. The number of carbonyl (C=O) groups is 4. The molecule has 0 radical (unpaired) electrons. The predicted octanol–water partition coefficient (Wildman–Crippen LogP) is 7.12. The molecule has 4 amide bonds. The van der Waals surface area contributed by atoms with Gasteiger partial charge in [-0.25, -0.2) is 4.39 Å². The highest BCUT2D eigenvalue weighted by Crippen LogP contribution is 2.40. The van der Waals surface area contributed by atoms with E-state index in [1.807, 2.05) is 17.0 Å². The van der Waals surface area contributed by atoms with Crippen LogP contribution < -0.4 is 5.56 Å². The standard InChI is InChI=1S/C28H29FN4O3.C23H28N6O2/c1-28(9-10-28)8-6-24(35)33-12-4-5-18(16-33)20-14-19(17-7-11-30-23(34)13-17)21-15-22(27(36)32(2)3)31-26(21)25(20)29;1-15-16(2)19-13-21(23(31)27(3)4)25-20(19)12-18(15)17-6-5-9-28(14-17)22(30)7-10-29-11-8-24-26-29/h5,7,9-11,13-15,31H,4,6,8,12,16H2,1-3H3,(H,30,34);6,8,11-13,25H,5,7,9-10,14H2,1-4H3. The molecule has 2 aliphatic heterocycles. The van der Waals surface area contributed by atoms with Crippen LogP contribution >= 0.6 is 0 Å². The summed E-state index contributed by atoms with van der Waals surface area (Å²) in [5.41, 5.74) is 8.69. The summed E-state index contributed by atoms with van der Waals surface area (Å²) >= 11 is 0. The Bertz CT molecular complexity index is 3050. The first-order valence-electron chi connectivity index (χ1n) is 22.6. The zero-order chi connectivity index (χ0) is 47.7. The molecule has 0 saturated heterocycles. The maximum atomic E-state index is 16.0. The number of aryl methyl sites for hydroxylation is 2. The molecule has 15 nitrogen and oxygen atoms in total. The van der Waals surface area contributed by atoms with Gasteiger partial charge in [0.05, 0.1) is 18.3 Å². The van der Waals surface area contributed by atoms with Crippen LogP contribution in [0.15, 0.2) is 84.1 Å². The first-order chi connectivity index (χ1) is 32.0. The molecule has 0 atom stereocenters. The molecule has 16 heteroatoms. The minimum atomic E-state index is -0.480. The summed E-state index contributed by atoms with van der Waals surface area (Å²) in [4.78, 5) is 78.3. The third kappa shape index (κ3) is 9.93. The third-order valence-electron chi connectivity index (χ3n) is 13.1. The lowest BCUT2D eigenvalue weighted by Gasteiger charge is -2.28. The van der Waals surface area contributed by atoms with E-state index in [0.29, 0.717) is 78.8 Å². The molecule has 1 aliphatic carbocycles. The molecule has 0 saturated carbocycles. The quantitative estimate of drug-likeness (QED) is 0.116. The Labute approximate surface area is 388 Å². The number of halogens is 1. The van der Waals surface area contributed by atoms with Gasteiger partial charge in [-0.05, 0) is 102 Å². The fourth-order valence-electron chi connectivity index (χ4n) is 8.81. The number of nitrogens with zero attached hydrogens (tertiary/aromatic N) is 7. The van der Waals surface area contributed by atoms with Crippen molar-refractivity contribution in [1.82, 2.24) is 49.5 Å². The van der Waals surface area contributed by atoms with Crippen molar-refractivity contribution in [3.8, 4) is 11.1 Å². The highest BCUT2D eigenvalue weighted by molar-refractivity contribution is 6.05. The zero-order valence-electron chi connectivity index (χ0n) is 39.1. The Kier molecular flexibility index (Phi) is 13.0. The number of nitrogens with one attached hydrogen (secondary N) is 3. The Hall–Kier alpha value is -7.36. The second-order valence-electron chi connectivity index (χ2n) is 18.3. The fourth-order valence-corrected chi connectivity index (χ4v) is 8.81. The van der Waals surface area contributed by atoms with Gasteiger partial charge in [-0.2, -0.15) is 0 Å². The number of aromatic amines is 3. The summed E-state index contributed by atoms with van der Waals surface area (Å²) in [7, 11) is 6.76. The van der Waals surface area contributed by atoms with E-state index < -0.39 is 5.82 Å². The molecular formula is C51H57FN10O5. The van der Waals surface area contributed by atoms with Gasteiger partial charge in [-0.3, -0.25) is 28.7 Å². The summed E-state index contributed by atoms with van der Waals surface area (Å²) in [6.07, 6.45) is 16.4. The summed E-state index contributed by atoms with van der Waals surface area (Å²) < 4.78 is 17.6. The van der Waals surface area contributed by atoms with Gasteiger partial charge >= 0.3 is 0 Å². The average Bonchev–Trinajstić information content (AvgIpc) is 3.72. The van der Waals surface area contributed by atoms with Crippen LogP contribution in [0.1, 0.15) is 82.3 Å². The zero-order valence-corrected chi connectivity index (χ0v) is 39.1. The number of aromatic nitrogens is 6. The van der Waals surface area contributed by atoms with Crippen LogP contribution in [-0.2, 0) is 16.1 Å². The second kappa shape index (κ2) is 18.9. The molecule has 0 unspecified atom stereocenters. The van der Waals surface area contributed by atoms with Crippen molar-refractivity contribution in [1.29, 1.82) is 0 Å². The van der Waals surface area contributed by atoms with E-state index in [-0.39, 0.29) is 45.8 Å². The number of hydrogen-bond acceptors (Lipinski definition) is 7. The van der Waals surface area contributed by atoms with E-state index in [9.17, 15) is 24.0 Å². The second-order valence-corrected chi connectivity index (χ2v) is 18.3. The van der Waals surface area contributed by atoms with Crippen LogP contribution in [-0.4, -0.2) is 128 Å². The summed E-state index contributed by atoms with van der Waals surface area (Å²) in [6.45, 7) is 9.06. The van der Waals surface area contributed by atoms with Crippen molar-refractivity contribution < 1.29 is 23.6 Å². The molecule has 2 aromatic carbocycles.